The lowest BCUT2D eigenvalue weighted by atomic mass is 10.0. The van der Waals surface area contributed by atoms with Crippen LogP contribution >= 0.6 is 0 Å². The molecular weight excluding hydrogens is 190 g/mol. The van der Waals surface area contributed by atoms with Crippen LogP contribution in [-0.2, 0) is 0 Å². The molecule has 15 heavy (non-hydrogen) atoms. The first-order chi connectivity index (χ1) is 7.10. The van der Waals surface area contributed by atoms with E-state index in [1.54, 1.807) is 0 Å². The number of hydrogen-bond donors (Lipinski definition) is 3. The average molecular weight is 215 g/mol. The number of oxime groups is 1. The smallest absolute Gasteiger partial charge is 0.139 e. The van der Waals surface area contributed by atoms with Crippen molar-refractivity contribution in [2.75, 3.05) is 6.54 Å². The maximum Gasteiger partial charge on any atom is 0.139 e. The van der Waals surface area contributed by atoms with Crippen LogP contribution in [0.25, 0.3) is 0 Å². The first kappa shape index (κ1) is 14.2. The Morgan fingerprint density at radius 1 is 1.47 bits per heavy atom. The van der Waals surface area contributed by atoms with Crippen LogP contribution in [0.15, 0.2) is 5.16 Å². The number of rotatable bonds is 8. The lowest BCUT2D eigenvalue weighted by molar-refractivity contribution is 0.316. The van der Waals surface area contributed by atoms with Gasteiger partial charge in [0, 0.05) is 12.5 Å². The van der Waals surface area contributed by atoms with E-state index < -0.39 is 0 Å². The third kappa shape index (κ3) is 8.24. The summed E-state index contributed by atoms with van der Waals surface area (Å²) in [7, 11) is 0. The zero-order valence-corrected chi connectivity index (χ0v) is 10.2. The van der Waals surface area contributed by atoms with Crippen molar-refractivity contribution in [1.82, 2.24) is 5.32 Å². The van der Waals surface area contributed by atoms with Gasteiger partial charge in [-0.25, -0.2) is 0 Å². The second-order valence-electron chi connectivity index (χ2n) is 4.30. The van der Waals surface area contributed by atoms with Crippen LogP contribution in [0.4, 0.5) is 0 Å². The summed E-state index contributed by atoms with van der Waals surface area (Å²) in [5.74, 6) is 1.09. The largest absolute Gasteiger partial charge is 0.409 e. The maximum atomic E-state index is 8.34. The number of nitrogens with one attached hydrogen (secondary N) is 1. The van der Waals surface area contributed by atoms with E-state index in [9.17, 15) is 0 Å². The minimum Gasteiger partial charge on any atom is -0.409 e. The van der Waals surface area contributed by atoms with Crippen LogP contribution in [0.2, 0.25) is 0 Å². The molecule has 0 saturated carbocycles. The van der Waals surface area contributed by atoms with Crippen LogP contribution in [0, 0.1) is 5.92 Å². The van der Waals surface area contributed by atoms with Gasteiger partial charge in [-0.1, -0.05) is 25.4 Å². The molecule has 0 spiro atoms. The highest BCUT2D eigenvalue weighted by Gasteiger charge is 2.05. The summed E-state index contributed by atoms with van der Waals surface area (Å²) in [6.07, 6.45) is 4.01. The number of hydrogen-bond acceptors (Lipinski definition) is 3. The first-order valence-electron chi connectivity index (χ1n) is 5.79. The minimum atomic E-state index is 0.311. The van der Waals surface area contributed by atoms with Crippen molar-refractivity contribution < 1.29 is 5.21 Å². The van der Waals surface area contributed by atoms with Gasteiger partial charge in [0.25, 0.3) is 0 Å². The maximum absolute atomic E-state index is 8.34. The molecule has 0 fully saturated rings. The van der Waals surface area contributed by atoms with E-state index in [0.717, 1.165) is 18.9 Å². The van der Waals surface area contributed by atoms with Gasteiger partial charge < -0.3 is 16.3 Å². The molecule has 0 radical (unpaired) electrons. The van der Waals surface area contributed by atoms with Gasteiger partial charge in [-0.2, -0.15) is 0 Å². The Morgan fingerprint density at radius 3 is 2.67 bits per heavy atom. The van der Waals surface area contributed by atoms with Gasteiger partial charge in [0.2, 0.25) is 0 Å². The fourth-order valence-corrected chi connectivity index (χ4v) is 1.52. The summed E-state index contributed by atoms with van der Waals surface area (Å²) in [5.41, 5.74) is 5.36. The number of nitrogens with zero attached hydrogens (tertiary/aromatic N) is 1. The van der Waals surface area contributed by atoms with Gasteiger partial charge in [0.1, 0.15) is 5.84 Å². The highest BCUT2D eigenvalue weighted by molar-refractivity contribution is 5.79. The molecular formula is C11H25N3O. The topological polar surface area (TPSA) is 70.6 Å². The van der Waals surface area contributed by atoms with Crippen molar-refractivity contribution in [3.63, 3.8) is 0 Å². The Bertz CT molecular complexity index is 183. The molecule has 0 aliphatic carbocycles. The van der Waals surface area contributed by atoms with Gasteiger partial charge >= 0.3 is 0 Å². The third-order valence-corrected chi connectivity index (χ3v) is 2.68. The second kappa shape index (κ2) is 8.53. The zero-order valence-electron chi connectivity index (χ0n) is 10.2. The van der Waals surface area contributed by atoms with Crippen molar-refractivity contribution in [1.29, 1.82) is 0 Å². The quantitative estimate of drug-likeness (QED) is 0.190. The summed E-state index contributed by atoms with van der Waals surface area (Å²) < 4.78 is 0. The fraction of sp³-hybridized carbons (Fsp3) is 0.909. The SMILES string of the molecule is CCC(C)CC(C)NCCCC(N)=NO. The van der Waals surface area contributed by atoms with Crippen molar-refractivity contribution >= 4 is 5.84 Å². The van der Waals surface area contributed by atoms with Crippen molar-refractivity contribution in [3.8, 4) is 0 Å². The van der Waals surface area contributed by atoms with E-state index >= 15 is 0 Å². The lowest BCUT2D eigenvalue weighted by Gasteiger charge is -2.17. The molecule has 0 aromatic rings. The van der Waals surface area contributed by atoms with Crippen molar-refractivity contribution in [2.45, 2.75) is 52.5 Å². The summed E-state index contributed by atoms with van der Waals surface area (Å²) in [6.45, 7) is 7.62. The molecule has 0 saturated heterocycles. The monoisotopic (exact) mass is 215 g/mol. The van der Waals surface area contributed by atoms with Gasteiger partial charge in [0.05, 0.1) is 0 Å². The summed E-state index contributed by atoms with van der Waals surface area (Å²) in [4.78, 5) is 0. The molecule has 0 heterocycles. The Morgan fingerprint density at radius 2 is 2.13 bits per heavy atom. The predicted octanol–water partition coefficient (Wildman–Crippen LogP) is 1.93. The van der Waals surface area contributed by atoms with Gasteiger partial charge in [-0.3, -0.25) is 0 Å². The Hall–Kier alpha value is -0.770. The lowest BCUT2D eigenvalue weighted by Crippen LogP contribution is -2.29. The molecule has 0 aromatic heterocycles. The molecule has 4 heteroatoms. The predicted molar refractivity (Wildman–Crippen MR) is 64.2 cm³/mol. The third-order valence-electron chi connectivity index (χ3n) is 2.68. The molecule has 0 bridgehead atoms. The van der Waals surface area contributed by atoms with Crippen LogP contribution in [0.5, 0.6) is 0 Å². The van der Waals surface area contributed by atoms with Crippen LogP contribution in [0.3, 0.4) is 0 Å². The minimum absolute atomic E-state index is 0.311. The van der Waals surface area contributed by atoms with E-state index in [4.69, 9.17) is 10.9 Å². The van der Waals surface area contributed by atoms with E-state index in [1.165, 1.54) is 12.8 Å². The van der Waals surface area contributed by atoms with E-state index in [2.05, 4.69) is 31.2 Å². The highest BCUT2D eigenvalue weighted by atomic mass is 16.4. The van der Waals surface area contributed by atoms with Gasteiger partial charge in [-0.15, -0.1) is 0 Å². The van der Waals surface area contributed by atoms with Crippen molar-refractivity contribution in [2.24, 2.45) is 16.8 Å². The molecule has 2 unspecified atom stereocenters. The van der Waals surface area contributed by atoms with Crippen molar-refractivity contribution in [3.05, 3.63) is 0 Å². The Labute approximate surface area is 92.9 Å². The van der Waals surface area contributed by atoms with E-state index in [-0.39, 0.29) is 0 Å². The zero-order chi connectivity index (χ0) is 11.7. The number of nitrogens with two attached hydrogens (primary N) is 1. The molecule has 4 N–H and O–H groups in total. The summed E-state index contributed by atoms with van der Waals surface area (Å²) in [5, 5.41) is 14.7. The molecule has 0 aliphatic rings. The van der Waals surface area contributed by atoms with Gasteiger partial charge in [-0.05, 0) is 32.2 Å². The first-order valence-corrected chi connectivity index (χ1v) is 5.79. The normalized spacial score (nSPS) is 16.3. The fourth-order valence-electron chi connectivity index (χ4n) is 1.52. The second-order valence-corrected chi connectivity index (χ2v) is 4.30. The average Bonchev–Trinajstić information content (AvgIpc) is 2.23. The van der Waals surface area contributed by atoms with Crippen LogP contribution < -0.4 is 11.1 Å². The standard InChI is InChI=1S/C11H25N3O/c1-4-9(2)8-10(3)13-7-5-6-11(12)14-15/h9-10,13,15H,4-8H2,1-3H3,(H2,12,14). The Kier molecular flexibility index (Phi) is 8.09. The van der Waals surface area contributed by atoms with Crippen LogP contribution in [-0.4, -0.2) is 23.6 Å². The molecule has 4 nitrogen and oxygen atoms in total. The molecule has 0 amide bonds. The molecule has 0 rings (SSSR count). The molecule has 2 atom stereocenters. The van der Waals surface area contributed by atoms with Gasteiger partial charge in [0.15, 0.2) is 0 Å². The Balaban J connectivity index is 3.43. The van der Waals surface area contributed by atoms with E-state index in [0.29, 0.717) is 18.3 Å². The summed E-state index contributed by atoms with van der Waals surface area (Å²) >= 11 is 0. The van der Waals surface area contributed by atoms with E-state index in [1.807, 2.05) is 0 Å². The van der Waals surface area contributed by atoms with Crippen LogP contribution in [0.1, 0.15) is 46.5 Å². The molecule has 0 aliphatic heterocycles. The molecule has 0 aromatic carbocycles. The number of amidine groups is 1. The highest BCUT2D eigenvalue weighted by Crippen LogP contribution is 2.09. The summed E-state index contributed by atoms with van der Waals surface area (Å²) in [6, 6.07) is 0.548. The molecule has 90 valence electrons.